The Labute approximate surface area is 114 Å². The lowest BCUT2D eigenvalue weighted by molar-refractivity contribution is 0.586. The zero-order valence-corrected chi connectivity index (χ0v) is 12.0. The summed E-state index contributed by atoms with van der Waals surface area (Å²) in [6.07, 6.45) is 2.43. The number of benzene rings is 1. The Bertz CT molecular complexity index is 507. The zero-order chi connectivity index (χ0) is 13.9. The summed E-state index contributed by atoms with van der Waals surface area (Å²) >= 11 is 0. The third-order valence-corrected chi connectivity index (χ3v) is 4.44. The summed E-state index contributed by atoms with van der Waals surface area (Å²) in [5.41, 5.74) is 1.03. The van der Waals surface area contributed by atoms with Crippen LogP contribution in [0.15, 0.2) is 29.2 Å². The lowest BCUT2D eigenvalue weighted by atomic mass is 10.2. The van der Waals surface area contributed by atoms with Crippen LogP contribution in [0.25, 0.3) is 0 Å². The Hall–Kier alpha value is -1.11. The standard InChI is InChI=1S/C13H21N3O2S/c1-2-16(10-11-4-3-9-15-11)12-5-7-13(8-6-12)19(14,17)18/h5-8,11,15H,2-4,9-10H2,1H3,(H2,14,17,18). The first-order chi connectivity index (χ1) is 9.00. The van der Waals surface area contributed by atoms with E-state index >= 15 is 0 Å². The van der Waals surface area contributed by atoms with Gasteiger partial charge in [0.15, 0.2) is 0 Å². The molecule has 0 spiro atoms. The van der Waals surface area contributed by atoms with Crippen molar-refractivity contribution in [3.63, 3.8) is 0 Å². The van der Waals surface area contributed by atoms with Crippen LogP contribution in [0.2, 0.25) is 0 Å². The predicted molar refractivity (Wildman–Crippen MR) is 76.7 cm³/mol. The number of anilines is 1. The van der Waals surface area contributed by atoms with Crippen molar-refractivity contribution < 1.29 is 8.42 Å². The number of hydrogen-bond donors (Lipinski definition) is 2. The number of rotatable bonds is 5. The van der Waals surface area contributed by atoms with Crippen LogP contribution in [0.1, 0.15) is 19.8 Å². The van der Waals surface area contributed by atoms with E-state index in [0.29, 0.717) is 6.04 Å². The van der Waals surface area contributed by atoms with Crippen LogP contribution in [-0.4, -0.2) is 34.1 Å². The molecular weight excluding hydrogens is 262 g/mol. The van der Waals surface area contributed by atoms with Crippen molar-refractivity contribution in [2.24, 2.45) is 5.14 Å². The highest BCUT2D eigenvalue weighted by Crippen LogP contribution is 2.19. The molecule has 0 amide bonds. The van der Waals surface area contributed by atoms with Crippen molar-refractivity contribution in [2.45, 2.75) is 30.7 Å². The van der Waals surface area contributed by atoms with Crippen molar-refractivity contribution in [3.8, 4) is 0 Å². The van der Waals surface area contributed by atoms with E-state index in [0.717, 1.165) is 25.3 Å². The molecule has 1 aromatic rings. The van der Waals surface area contributed by atoms with Crippen LogP contribution in [0, 0.1) is 0 Å². The fourth-order valence-electron chi connectivity index (χ4n) is 2.44. The molecule has 6 heteroatoms. The lowest BCUT2D eigenvalue weighted by Gasteiger charge is -2.26. The molecule has 106 valence electrons. The van der Waals surface area contributed by atoms with Crippen molar-refractivity contribution in [1.29, 1.82) is 0 Å². The summed E-state index contributed by atoms with van der Waals surface area (Å²) in [7, 11) is -3.61. The molecule has 1 saturated heterocycles. The van der Waals surface area contributed by atoms with Crippen LogP contribution in [0.5, 0.6) is 0 Å². The van der Waals surface area contributed by atoms with Gasteiger partial charge in [-0.3, -0.25) is 0 Å². The number of nitrogens with two attached hydrogens (primary N) is 1. The second-order valence-corrected chi connectivity index (χ2v) is 6.43. The quantitative estimate of drug-likeness (QED) is 0.842. The van der Waals surface area contributed by atoms with Gasteiger partial charge in [-0.05, 0) is 50.6 Å². The summed E-state index contributed by atoms with van der Waals surface area (Å²) in [5, 5.41) is 8.57. The van der Waals surface area contributed by atoms with E-state index < -0.39 is 10.0 Å². The summed E-state index contributed by atoms with van der Waals surface area (Å²) in [5.74, 6) is 0. The third kappa shape index (κ3) is 3.68. The summed E-state index contributed by atoms with van der Waals surface area (Å²) in [6, 6.07) is 7.29. The Morgan fingerprint density at radius 1 is 1.37 bits per heavy atom. The second kappa shape index (κ2) is 5.90. The zero-order valence-electron chi connectivity index (χ0n) is 11.2. The van der Waals surface area contributed by atoms with Gasteiger partial charge in [-0.2, -0.15) is 0 Å². The van der Waals surface area contributed by atoms with Crippen molar-refractivity contribution in [2.75, 3.05) is 24.5 Å². The average Bonchev–Trinajstić information content (AvgIpc) is 2.88. The molecular formula is C13H21N3O2S. The van der Waals surface area contributed by atoms with E-state index in [1.54, 1.807) is 12.1 Å². The molecule has 5 nitrogen and oxygen atoms in total. The number of primary sulfonamides is 1. The minimum absolute atomic E-state index is 0.159. The van der Waals surface area contributed by atoms with E-state index in [9.17, 15) is 8.42 Å². The molecule has 1 atom stereocenters. The van der Waals surface area contributed by atoms with Crippen LogP contribution in [0.3, 0.4) is 0 Å². The van der Waals surface area contributed by atoms with Crippen molar-refractivity contribution >= 4 is 15.7 Å². The highest BCUT2D eigenvalue weighted by atomic mass is 32.2. The highest BCUT2D eigenvalue weighted by molar-refractivity contribution is 7.89. The highest BCUT2D eigenvalue weighted by Gasteiger charge is 2.17. The van der Waals surface area contributed by atoms with Crippen LogP contribution in [0.4, 0.5) is 5.69 Å². The monoisotopic (exact) mass is 283 g/mol. The maximum atomic E-state index is 11.2. The molecule has 1 aliphatic heterocycles. The average molecular weight is 283 g/mol. The first-order valence-electron chi connectivity index (χ1n) is 6.62. The van der Waals surface area contributed by atoms with E-state index in [4.69, 9.17) is 5.14 Å². The molecule has 3 N–H and O–H groups in total. The Morgan fingerprint density at radius 3 is 2.53 bits per heavy atom. The van der Waals surface area contributed by atoms with E-state index in [-0.39, 0.29) is 4.90 Å². The van der Waals surface area contributed by atoms with Gasteiger partial charge in [0.05, 0.1) is 4.90 Å². The minimum atomic E-state index is -3.61. The van der Waals surface area contributed by atoms with Gasteiger partial charge >= 0.3 is 0 Å². The Kier molecular flexibility index (Phi) is 4.44. The summed E-state index contributed by atoms with van der Waals surface area (Å²) in [6.45, 7) is 5.03. The number of hydrogen-bond acceptors (Lipinski definition) is 4. The Balaban J connectivity index is 2.10. The van der Waals surface area contributed by atoms with Crippen LogP contribution < -0.4 is 15.4 Å². The maximum absolute atomic E-state index is 11.2. The van der Waals surface area contributed by atoms with Gasteiger partial charge in [0.25, 0.3) is 0 Å². The van der Waals surface area contributed by atoms with Crippen LogP contribution in [-0.2, 0) is 10.0 Å². The number of sulfonamides is 1. The number of nitrogens with one attached hydrogen (secondary N) is 1. The molecule has 1 aromatic carbocycles. The van der Waals surface area contributed by atoms with Gasteiger partial charge in [0.1, 0.15) is 0 Å². The summed E-state index contributed by atoms with van der Waals surface area (Å²) in [4.78, 5) is 2.40. The van der Waals surface area contributed by atoms with Gasteiger partial charge in [-0.25, -0.2) is 13.6 Å². The number of likely N-dealkylation sites (N-methyl/N-ethyl adjacent to an activating group) is 1. The van der Waals surface area contributed by atoms with Crippen molar-refractivity contribution in [3.05, 3.63) is 24.3 Å². The van der Waals surface area contributed by atoms with Gasteiger partial charge in [0, 0.05) is 24.8 Å². The molecule has 1 aliphatic rings. The predicted octanol–water partition coefficient (Wildman–Crippen LogP) is 0.912. The van der Waals surface area contributed by atoms with Gasteiger partial charge < -0.3 is 10.2 Å². The molecule has 1 heterocycles. The van der Waals surface area contributed by atoms with Gasteiger partial charge in [-0.1, -0.05) is 0 Å². The smallest absolute Gasteiger partial charge is 0.238 e. The number of nitrogens with zero attached hydrogens (tertiary/aromatic N) is 1. The van der Waals surface area contributed by atoms with Gasteiger partial charge in [0.2, 0.25) is 10.0 Å². The maximum Gasteiger partial charge on any atom is 0.238 e. The fraction of sp³-hybridized carbons (Fsp3) is 0.538. The van der Waals surface area contributed by atoms with E-state index in [1.165, 1.54) is 12.8 Å². The van der Waals surface area contributed by atoms with E-state index in [1.807, 2.05) is 12.1 Å². The second-order valence-electron chi connectivity index (χ2n) is 4.87. The molecule has 0 saturated carbocycles. The molecule has 0 radical (unpaired) electrons. The first kappa shape index (κ1) is 14.3. The third-order valence-electron chi connectivity index (χ3n) is 3.52. The SMILES string of the molecule is CCN(CC1CCCN1)c1ccc(S(N)(=O)=O)cc1. The molecule has 1 unspecified atom stereocenters. The van der Waals surface area contributed by atoms with Crippen molar-refractivity contribution in [1.82, 2.24) is 5.32 Å². The van der Waals surface area contributed by atoms with Crippen LogP contribution >= 0.6 is 0 Å². The topological polar surface area (TPSA) is 75.4 Å². The first-order valence-corrected chi connectivity index (χ1v) is 8.16. The molecule has 19 heavy (non-hydrogen) atoms. The van der Waals surface area contributed by atoms with Gasteiger partial charge in [-0.15, -0.1) is 0 Å². The normalized spacial score (nSPS) is 19.6. The molecule has 1 fully saturated rings. The summed E-state index contributed by atoms with van der Waals surface area (Å²) < 4.78 is 22.4. The van der Waals surface area contributed by atoms with E-state index in [2.05, 4.69) is 17.1 Å². The Morgan fingerprint density at radius 2 is 2.05 bits per heavy atom. The largest absolute Gasteiger partial charge is 0.370 e. The molecule has 2 rings (SSSR count). The molecule has 0 aliphatic carbocycles. The minimum Gasteiger partial charge on any atom is -0.370 e. The fourth-order valence-corrected chi connectivity index (χ4v) is 2.96. The molecule has 0 bridgehead atoms. The lowest BCUT2D eigenvalue weighted by Crippen LogP contribution is -2.37. The molecule has 0 aromatic heterocycles.